The number of aryl methyl sites for hydroxylation is 1. The SMILES string of the molecule is CCNC(=O)C(CC)N(Cc1cccc(OC)c1)C(=O)CN(c1cc(OC)ccc1OC)S(=O)(=O)c1ccc(C)cc1. The third-order valence-electron chi connectivity index (χ3n) is 6.77. The molecule has 0 saturated carbocycles. The molecule has 0 heterocycles. The van der Waals surface area contributed by atoms with Gasteiger partial charge in [-0.1, -0.05) is 36.8 Å². The summed E-state index contributed by atoms with van der Waals surface area (Å²) in [5, 5.41) is 2.79. The van der Waals surface area contributed by atoms with E-state index in [9.17, 15) is 18.0 Å². The lowest BCUT2D eigenvalue weighted by molar-refractivity contribution is -0.140. The van der Waals surface area contributed by atoms with Gasteiger partial charge in [0.05, 0.1) is 31.9 Å². The van der Waals surface area contributed by atoms with Crippen LogP contribution in [0.4, 0.5) is 5.69 Å². The number of likely N-dealkylation sites (N-methyl/N-ethyl adjacent to an activating group) is 1. The summed E-state index contributed by atoms with van der Waals surface area (Å²) < 4.78 is 45.5. The van der Waals surface area contributed by atoms with Gasteiger partial charge in [-0.2, -0.15) is 0 Å². The summed E-state index contributed by atoms with van der Waals surface area (Å²) in [6.07, 6.45) is 0.314. The number of rotatable bonds is 14. The van der Waals surface area contributed by atoms with Crippen LogP contribution in [0.3, 0.4) is 0 Å². The van der Waals surface area contributed by atoms with Gasteiger partial charge in [-0.3, -0.25) is 13.9 Å². The molecule has 11 heteroatoms. The lowest BCUT2D eigenvalue weighted by Gasteiger charge is -2.33. The normalized spacial score (nSPS) is 11.8. The quantitative estimate of drug-likeness (QED) is 0.297. The van der Waals surface area contributed by atoms with E-state index < -0.39 is 28.5 Å². The van der Waals surface area contributed by atoms with Crippen molar-refractivity contribution in [2.24, 2.45) is 0 Å². The first-order valence-corrected chi connectivity index (χ1v) is 15.0. The molecule has 0 fully saturated rings. The van der Waals surface area contributed by atoms with Crippen LogP contribution in [0.25, 0.3) is 0 Å². The molecule has 0 aliphatic heterocycles. The number of hydrogen-bond donors (Lipinski definition) is 1. The summed E-state index contributed by atoms with van der Waals surface area (Å²) in [6.45, 7) is 5.29. The van der Waals surface area contributed by atoms with Gasteiger partial charge in [0.25, 0.3) is 10.0 Å². The van der Waals surface area contributed by atoms with Crippen LogP contribution >= 0.6 is 0 Å². The van der Waals surface area contributed by atoms with Crippen LogP contribution in [0, 0.1) is 6.92 Å². The monoisotopic (exact) mass is 597 g/mol. The number of anilines is 1. The Morgan fingerprint density at radius 2 is 1.55 bits per heavy atom. The predicted octanol–water partition coefficient (Wildman–Crippen LogP) is 4.16. The molecule has 10 nitrogen and oxygen atoms in total. The van der Waals surface area contributed by atoms with E-state index in [2.05, 4.69) is 5.32 Å². The molecule has 0 spiro atoms. The second-order valence-corrected chi connectivity index (χ2v) is 11.4. The molecule has 42 heavy (non-hydrogen) atoms. The van der Waals surface area contributed by atoms with Gasteiger partial charge in [0, 0.05) is 19.2 Å². The maximum Gasteiger partial charge on any atom is 0.264 e. The number of nitrogens with zero attached hydrogens (tertiary/aromatic N) is 2. The summed E-state index contributed by atoms with van der Waals surface area (Å²) >= 11 is 0. The number of benzene rings is 3. The van der Waals surface area contributed by atoms with E-state index in [1.54, 1.807) is 63.4 Å². The van der Waals surface area contributed by atoms with Crippen molar-refractivity contribution in [3.63, 3.8) is 0 Å². The molecule has 0 bridgehead atoms. The highest BCUT2D eigenvalue weighted by molar-refractivity contribution is 7.92. The number of amides is 2. The number of carbonyl (C=O) groups is 2. The minimum Gasteiger partial charge on any atom is -0.497 e. The van der Waals surface area contributed by atoms with Gasteiger partial charge in [-0.05, 0) is 62.2 Å². The fourth-order valence-corrected chi connectivity index (χ4v) is 5.94. The maximum absolute atomic E-state index is 14.2. The Morgan fingerprint density at radius 1 is 0.881 bits per heavy atom. The number of methoxy groups -OCH3 is 3. The Labute approximate surface area is 248 Å². The number of hydrogen-bond acceptors (Lipinski definition) is 7. The van der Waals surface area contributed by atoms with E-state index >= 15 is 0 Å². The first-order valence-electron chi connectivity index (χ1n) is 13.6. The topological polar surface area (TPSA) is 114 Å². The lowest BCUT2D eigenvalue weighted by Crippen LogP contribution is -2.52. The van der Waals surface area contributed by atoms with Crippen LogP contribution in [-0.2, 0) is 26.2 Å². The molecule has 226 valence electrons. The first kappa shape index (κ1) is 32.3. The minimum absolute atomic E-state index is 0.000821. The smallest absolute Gasteiger partial charge is 0.264 e. The van der Waals surface area contributed by atoms with Crippen LogP contribution in [-0.4, -0.2) is 65.6 Å². The third kappa shape index (κ3) is 7.52. The van der Waals surface area contributed by atoms with Crippen LogP contribution in [0.1, 0.15) is 31.4 Å². The number of sulfonamides is 1. The predicted molar refractivity (Wildman–Crippen MR) is 162 cm³/mol. The second kappa shape index (κ2) is 14.6. The lowest BCUT2D eigenvalue weighted by atomic mass is 10.1. The summed E-state index contributed by atoms with van der Waals surface area (Å²) in [6, 6.07) is 17.4. The average Bonchev–Trinajstić information content (AvgIpc) is 2.99. The minimum atomic E-state index is -4.27. The van der Waals surface area contributed by atoms with E-state index in [1.807, 2.05) is 13.0 Å². The van der Waals surface area contributed by atoms with Gasteiger partial charge >= 0.3 is 0 Å². The molecule has 2 amide bonds. The molecule has 0 radical (unpaired) electrons. The standard InChI is InChI=1S/C31H39N3O7S/c1-7-27(31(36)32-8-2)33(20-23-10-9-11-24(18-23)39-4)30(35)21-34(28-19-25(40-5)14-17-29(28)41-6)42(37,38)26-15-12-22(3)13-16-26/h9-19,27H,7-8,20-21H2,1-6H3,(H,32,36). The molecule has 0 aliphatic rings. The van der Waals surface area contributed by atoms with Crippen molar-refractivity contribution in [3.05, 3.63) is 77.9 Å². The van der Waals surface area contributed by atoms with Crippen LogP contribution in [0.5, 0.6) is 17.2 Å². The Balaban J connectivity index is 2.15. The third-order valence-corrected chi connectivity index (χ3v) is 8.54. The fourth-order valence-electron chi connectivity index (χ4n) is 4.52. The van der Waals surface area contributed by atoms with Crippen molar-refractivity contribution in [1.29, 1.82) is 0 Å². The highest BCUT2D eigenvalue weighted by Crippen LogP contribution is 2.36. The Hall–Kier alpha value is -4.25. The first-order chi connectivity index (χ1) is 20.1. The van der Waals surface area contributed by atoms with Gasteiger partial charge in [0.2, 0.25) is 11.8 Å². The zero-order valence-corrected chi connectivity index (χ0v) is 25.7. The molecule has 0 saturated heterocycles. The average molecular weight is 598 g/mol. The van der Waals surface area contributed by atoms with Crippen molar-refractivity contribution in [2.75, 3.05) is 38.7 Å². The van der Waals surface area contributed by atoms with Gasteiger partial charge < -0.3 is 24.4 Å². The molecule has 3 rings (SSSR count). The summed E-state index contributed by atoms with van der Waals surface area (Å²) in [4.78, 5) is 28.8. The van der Waals surface area contributed by atoms with E-state index in [0.29, 0.717) is 24.5 Å². The van der Waals surface area contributed by atoms with Crippen molar-refractivity contribution < 1.29 is 32.2 Å². The van der Waals surface area contributed by atoms with Crippen LogP contribution in [0.2, 0.25) is 0 Å². The van der Waals surface area contributed by atoms with E-state index in [0.717, 1.165) is 15.4 Å². The summed E-state index contributed by atoms with van der Waals surface area (Å²) in [5.41, 5.74) is 1.73. The van der Waals surface area contributed by atoms with E-state index in [-0.39, 0.29) is 28.8 Å². The highest BCUT2D eigenvalue weighted by Gasteiger charge is 2.35. The molecule has 1 atom stereocenters. The zero-order valence-electron chi connectivity index (χ0n) is 24.9. The van der Waals surface area contributed by atoms with Gasteiger partial charge in [0.15, 0.2) is 0 Å². The Kier molecular flexibility index (Phi) is 11.2. The van der Waals surface area contributed by atoms with Crippen LogP contribution in [0.15, 0.2) is 71.6 Å². The van der Waals surface area contributed by atoms with Crippen molar-refractivity contribution >= 4 is 27.5 Å². The summed E-state index contributed by atoms with van der Waals surface area (Å²) in [7, 11) is 0.149. The largest absolute Gasteiger partial charge is 0.497 e. The van der Waals surface area contributed by atoms with Crippen molar-refractivity contribution in [2.45, 2.75) is 44.7 Å². The molecule has 3 aromatic rings. The zero-order chi connectivity index (χ0) is 30.9. The van der Waals surface area contributed by atoms with Crippen molar-refractivity contribution in [3.8, 4) is 17.2 Å². The molecule has 1 unspecified atom stereocenters. The molecule has 0 aromatic heterocycles. The molecular formula is C31H39N3O7S. The molecule has 0 aliphatic carbocycles. The van der Waals surface area contributed by atoms with E-state index in [1.165, 1.54) is 37.3 Å². The van der Waals surface area contributed by atoms with Gasteiger partial charge in [-0.15, -0.1) is 0 Å². The molecule has 1 N–H and O–H groups in total. The van der Waals surface area contributed by atoms with Crippen molar-refractivity contribution in [1.82, 2.24) is 10.2 Å². The maximum atomic E-state index is 14.2. The highest BCUT2D eigenvalue weighted by atomic mass is 32.2. The Bertz CT molecular complexity index is 1480. The molecular weight excluding hydrogens is 558 g/mol. The van der Waals surface area contributed by atoms with E-state index in [4.69, 9.17) is 14.2 Å². The second-order valence-electron chi connectivity index (χ2n) is 9.55. The Morgan fingerprint density at radius 3 is 2.14 bits per heavy atom. The fraction of sp³-hybridized carbons (Fsp3) is 0.355. The summed E-state index contributed by atoms with van der Waals surface area (Å²) in [5.74, 6) is 0.300. The number of nitrogens with one attached hydrogen (secondary N) is 1. The number of ether oxygens (including phenoxy) is 3. The van der Waals surface area contributed by atoms with Gasteiger partial charge in [0.1, 0.15) is 29.8 Å². The molecule has 3 aromatic carbocycles. The van der Waals surface area contributed by atoms with Gasteiger partial charge in [-0.25, -0.2) is 8.42 Å². The number of carbonyl (C=O) groups excluding carboxylic acids is 2. The van der Waals surface area contributed by atoms with Crippen LogP contribution < -0.4 is 23.8 Å².